The molecule has 106 valence electrons. The van der Waals surface area contributed by atoms with E-state index in [1.54, 1.807) is 6.07 Å². The lowest BCUT2D eigenvalue weighted by Crippen LogP contribution is -2.29. The van der Waals surface area contributed by atoms with E-state index in [0.29, 0.717) is 11.0 Å². The standard InChI is InChI=1S/C15H17ClN2O2/c1-15(6-2-3-7-15)12(16)9-4-5-10-11(8-9)18-14(20)13(19)17-10/h4-5,8,12H,2-3,6-7H2,1H3,(H,17,19)(H,18,20). The molecular formula is C15H17ClN2O2. The van der Waals surface area contributed by atoms with E-state index in [9.17, 15) is 9.59 Å². The van der Waals surface area contributed by atoms with Gasteiger partial charge in [0.2, 0.25) is 0 Å². The largest absolute Gasteiger partial charge is 0.316 e. The van der Waals surface area contributed by atoms with Crippen molar-refractivity contribution in [3.63, 3.8) is 0 Å². The van der Waals surface area contributed by atoms with Gasteiger partial charge in [0.05, 0.1) is 16.4 Å². The fraction of sp³-hybridized carbons (Fsp3) is 0.467. The van der Waals surface area contributed by atoms with Crippen molar-refractivity contribution >= 4 is 22.6 Å². The first-order valence-electron chi connectivity index (χ1n) is 6.90. The van der Waals surface area contributed by atoms with Crippen LogP contribution in [0.15, 0.2) is 27.8 Å². The zero-order valence-corrected chi connectivity index (χ0v) is 12.1. The SMILES string of the molecule is CC1(C(Cl)c2ccc3[nH]c(=O)c(=O)[nH]c3c2)CCCC1. The molecule has 0 spiro atoms. The highest BCUT2D eigenvalue weighted by atomic mass is 35.5. The maximum Gasteiger partial charge on any atom is 0.314 e. The summed E-state index contributed by atoms with van der Waals surface area (Å²) in [6.45, 7) is 2.22. The Morgan fingerprint density at radius 1 is 1.10 bits per heavy atom. The highest BCUT2D eigenvalue weighted by molar-refractivity contribution is 6.21. The number of H-pyrrole nitrogens is 2. The molecule has 1 heterocycles. The minimum Gasteiger partial charge on any atom is -0.316 e. The summed E-state index contributed by atoms with van der Waals surface area (Å²) in [4.78, 5) is 27.8. The molecule has 1 aliphatic rings. The van der Waals surface area contributed by atoms with Crippen LogP contribution in [0.3, 0.4) is 0 Å². The zero-order valence-electron chi connectivity index (χ0n) is 11.3. The first kappa shape index (κ1) is 13.4. The number of aromatic nitrogens is 2. The van der Waals surface area contributed by atoms with Crippen LogP contribution in [0, 0.1) is 5.41 Å². The van der Waals surface area contributed by atoms with E-state index in [2.05, 4.69) is 16.9 Å². The lowest BCUT2D eigenvalue weighted by atomic mass is 9.81. The topological polar surface area (TPSA) is 65.7 Å². The van der Waals surface area contributed by atoms with Crippen LogP contribution in [-0.2, 0) is 0 Å². The molecule has 0 aliphatic heterocycles. The fourth-order valence-corrected chi connectivity index (χ4v) is 3.48. The molecule has 1 aromatic carbocycles. The number of halogens is 1. The van der Waals surface area contributed by atoms with E-state index in [1.807, 2.05) is 12.1 Å². The number of rotatable bonds is 2. The van der Waals surface area contributed by atoms with Crippen molar-refractivity contribution in [2.45, 2.75) is 38.0 Å². The maximum absolute atomic E-state index is 11.4. The van der Waals surface area contributed by atoms with Crippen molar-refractivity contribution in [1.29, 1.82) is 0 Å². The summed E-state index contributed by atoms with van der Waals surface area (Å²) >= 11 is 6.66. The predicted molar refractivity (Wildman–Crippen MR) is 80.4 cm³/mol. The van der Waals surface area contributed by atoms with Crippen LogP contribution in [0.1, 0.15) is 43.5 Å². The van der Waals surface area contributed by atoms with Gasteiger partial charge in [-0.2, -0.15) is 0 Å². The molecule has 20 heavy (non-hydrogen) atoms. The third-order valence-corrected chi connectivity index (χ3v) is 5.18. The van der Waals surface area contributed by atoms with Gasteiger partial charge in [-0.1, -0.05) is 25.8 Å². The Hall–Kier alpha value is -1.55. The van der Waals surface area contributed by atoms with Crippen molar-refractivity contribution < 1.29 is 0 Å². The Labute approximate surface area is 121 Å². The molecule has 2 aromatic rings. The van der Waals surface area contributed by atoms with Gasteiger partial charge in [-0.15, -0.1) is 11.6 Å². The van der Waals surface area contributed by atoms with Crippen molar-refractivity contribution in [3.05, 3.63) is 44.5 Å². The van der Waals surface area contributed by atoms with E-state index < -0.39 is 11.1 Å². The second kappa shape index (κ2) is 4.77. The Balaban J connectivity index is 2.06. The summed E-state index contributed by atoms with van der Waals surface area (Å²) in [5.41, 5.74) is 1.09. The minimum absolute atomic E-state index is 0.0789. The molecule has 1 saturated carbocycles. The van der Waals surface area contributed by atoms with Gasteiger partial charge in [0.15, 0.2) is 0 Å². The second-order valence-corrected chi connectivity index (χ2v) is 6.37. The molecule has 1 aliphatic carbocycles. The Bertz CT molecular complexity index is 756. The predicted octanol–water partition coefficient (Wildman–Crippen LogP) is 3.08. The van der Waals surface area contributed by atoms with Crippen LogP contribution in [0.2, 0.25) is 0 Å². The van der Waals surface area contributed by atoms with E-state index >= 15 is 0 Å². The first-order valence-corrected chi connectivity index (χ1v) is 7.34. The summed E-state index contributed by atoms with van der Waals surface area (Å²) in [6.07, 6.45) is 4.69. The summed E-state index contributed by atoms with van der Waals surface area (Å²) in [6, 6.07) is 5.60. The molecule has 0 radical (unpaired) electrons. The molecule has 1 atom stereocenters. The van der Waals surface area contributed by atoms with Gasteiger partial charge in [-0.3, -0.25) is 9.59 Å². The molecule has 0 saturated heterocycles. The zero-order chi connectivity index (χ0) is 14.3. The van der Waals surface area contributed by atoms with Gasteiger partial charge >= 0.3 is 11.1 Å². The number of fused-ring (bicyclic) bond motifs is 1. The van der Waals surface area contributed by atoms with Crippen LogP contribution in [0.25, 0.3) is 11.0 Å². The van der Waals surface area contributed by atoms with E-state index in [-0.39, 0.29) is 10.8 Å². The molecule has 4 nitrogen and oxygen atoms in total. The van der Waals surface area contributed by atoms with Crippen molar-refractivity contribution in [3.8, 4) is 0 Å². The van der Waals surface area contributed by atoms with Crippen LogP contribution in [-0.4, -0.2) is 9.97 Å². The van der Waals surface area contributed by atoms with Gasteiger partial charge in [0.25, 0.3) is 0 Å². The molecule has 5 heteroatoms. The number of benzene rings is 1. The number of hydrogen-bond donors (Lipinski definition) is 2. The van der Waals surface area contributed by atoms with Gasteiger partial charge in [0, 0.05) is 0 Å². The van der Waals surface area contributed by atoms with Crippen LogP contribution in [0.5, 0.6) is 0 Å². The summed E-state index contributed by atoms with van der Waals surface area (Å²) in [5.74, 6) is 0. The average Bonchev–Trinajstić information content (AvgIpc) is 2.87. The Morgan fingerprint density at radius 3 is 2.35 bits per heavy atom. The quantitative estimate of drug-likeness (QED) is 0.660. The number of alkyl halides is 1. The number of hydrogen-bond acceptors (Lipinski definition) is 2. The molecule has 3 rings (SSSR count). The first-order chi connectivity index (χ1) is 9.49. The van der Waals surface area contributed by atoms with Crippen molar-refractivity contribution in [1.82, 2.24) is 9.97 Å². The highest BCUT2D eigenvalue weighted by Gasteiger charge is 2.36. The van der Waals surface area contributed by atoms with Gasteiger partial charge < -0.3 is 9.97 Å². The van der Waals surface area contributed by atoms with Crippen LogP contribution < -0.4 is 11.1 Å². The second-order valence-electron chi connectivity index (χ2n) is 5.94. The number of aromatic amines is 2. The molecule has 1 unspecified atom stereocenters. The van der Waals surface area contributed by atoms with E-state index in [4.69, 9.17) is 11.6 Å². The molecule has 1 aromatic heterocycles. The normalized spacial score (nSPS) is 19.3. The molecule has 1 fully saturated rings. The fourth-order valence-electron chi connectivity index (χ4n) is 3.13. The third-order valence-electron chi connectivity index (χ3n) is 4.40. The van der Waals surface area contributed by atoms with Crippen molar-refractivity contribution in [2.24, 2.45) is 5.41 Å². The summed E-state index contributed by atoms with van der Waals surface area (Å²) in [7, 11) is 0. The number of nitrogens with one attached hydrogen (secondary N) is 2. The molecule has 0 amide bonds. The van der Waals surface area contributed by atoms with Crippen LogP contribution in [0.4, 0.5) is 0 Å². The van der Waals surface area contributed by atoms with Gasteiger partial charge in [0.1, 0.15) is 0 Å². The van der Waals surface area contributed by atoms with Crippen LogP contribution >= 0.6 is 11.6 Å². The third kappa shape index (κ3) is 2.18. The lowest BCUT2D eigenvalue weighted by Gasteiger charge is -2.29. The van der Waals surface area contributed by atoms with E-state index in [1.165, 1.54) is 12.8 Å². The molecule has 0 bridgehead atoms. The van der Waals surface area contributed by atoms with Crippen molar-refractivity contribution in [2.75, 3.05) is 0 Å². The maximum atomic E-state index is 11.4. The molecular weight excluding hydrogens is 276 g/mol. The van der Waals surface area contributed by atoms with E-state index in [0.717, 1.165) is 18.4 Å². The summed E-state index contributed by atoms with van der Waals surface area (Å²) < 4.78 is 0. The molecule has 2 N–H and O–H groups in total. The Kier molecular flexibility index (Phi) is 3.21. The monoisotopic (exact) mass is 292 g/mol. The minimum atomic E-state index is -0.632. The summed E-state index contributed by atoms with van der Waals surface area (Å²) in [5, 5.41) is -0.0789. The Morgan fingerprint density at radius 2 is 1.70 bits per heavy atom. The average molecular weight is 293 g/mol. The smallest absolute Gasteiger partial charge is 0.314 e. The van der Waals surface area contributed by atoms with Gasteiger partial charge in [-0.25, -0.2) is 0 Å². The lowest BCUT2D eigenvalue weighted by molar-refractivity contribution is 0.322. The van der Waals surface area contributed by atoms with Gasteiger partial charge in [-0.05, 0) is 36.0 Å². The highest BCUT2D eigenvalue weighted by Crippen LogP contribution is 2.50.